The van der Waals surface area contributed by atoms with Gasteiger partial charge in [-0.2, -0.15) is 0 Å². The van der Waals surface area contributed by atoms with Crippen LogP contribution in [0.1, 0.15) is 11.1 Å². The lowest BCUT2D eigenvalue weighted by Crippen LogP contribution is -2.38. The van der Waals surface area contributed by atoms with Crippen molar-refractivity contribution in [2.75, 3.05) is 18.1 Å². The van der Waals surface area contributed by atoms with Gasteiger partial charge in [-0.25, -0.2) is 13.2 Å². The highest BCUT2D eigenvalue weighted by atomic mass is 79.9. The number of sulfone groups is 1. The molecular weight excluding hydrogens is 446 g/mol. The lowest BCUT2D eigenvalue weighted by molar-refractivity contribution is -0.139. The Morgan fingerprint density at radius 1 is 1.36 bits per heavy atom. The molecule has 0 bridgehead atoms. The average Bonchev–Trinajstić information content (AvgIpc) is 3.03. The Balaban J connectivity index is 1.92. The van der Waals surface area contributed by atoms with Crippen molar-refractivity contribution in [2.24, 2.45) is 0 Å². The molecule has 1 unspecified atom stereocenters. The quantitative estimate of drug-likeness (QED) is 0.629. The van der Waals surface area contributed by atoms with Crippen LogP contribution in [0, 0.1) is 6.92 Å². The van der Waals surface area contributed by atoms with Gasteiger partial charge in [0.15, 0.2) is 12.0 Å². The monoisotopic (exact) mass is 465 g/mol. The van der Waals surface area contributed by atoms with Gasteiger partial charge in [-0.3, -0.25) is 0 Å². The molecule has 1 aliphatic heterocycles. The number of halogens is 1. The van der Waals surface area contributed by atoms with E-state index in [1.807, 2.05) is 23.1 Å². The van der Waals surface area contributed by atoms with E-state index < -0.39 is 27.8 Å². The zero-order valence-electron chi connectivity index (χ0n) is 15.3. The Kier molecular flexibility index (Phi) is 5.81. The topological polar surface area (TPSA) is 83.9 Å². The summed E-state index contributed by atoms with van der Waals surface area (Å²) in [5.41, 5.74) is 2.52. The van der Waals surface area contributed by atoms with Gasteiger partial charge in [0, 0.05) is 16.7 Å². The molecule has 8 heteroatoms. The number of carboxylic acid groups (broad SMARTS) is 1. The molecule has 6 nitrogen and oxygen atoms in total. The summed E-state index contributed by atoms with van der Waals surface area (Å²) in [6, 6.07) is 10.2. The van der Waals surface area contributed by atoms with Crippen molar-refractivity contribution < 1.29 is 23.1 Å². The predicted octanol–water partition coefficient (Wildman–Crippen LogP) is 3.57. The summed E-state index contributed by atoms with van der Waals surface area (Å²) < 4.78 is 32.7. The number of rotatable bonds is 7. The van der Waals surface area contributed by atoms with Crippen molar-refractivity contribution in [1.29, 1.82) is 0 Å². The smallest absolute Gasteiger partial charge is 0.341 e. The van der Waals surface area contributed by atoms with Crippen LogP contribution in [0.5, 0.6) is 5.75 Å². The molecule has 0 amide bonds. The number of hydrogen-bond acceptors (Lipinski definition) is 5. The van der Waals surface area contributed by atoms with Crippen molar-refractivity contribution in [3.8, 4) is 5.75 Å². The third-order valence-corrected chi connectivity index (χ3v) is 7.11. The zero-order chi connectivity index (χ0) is 20.5. The predicted molar refractivity (Wildman–Crippen MR) is 111 cm³/mol. The van der Waals surface area contributed by atoms with Crippen LogP contribution >= 0.6 is 15.9 Å². The van der Waals surface area contributed by atoms with Gasteiger partial charge in [0.1, 0.15) is 5.75 Å². The van der Waals surface area contributed by atoms with E-state index in [4.69, 9.17) is 9.84 Å². The van der Waals surface area contributed by atoms with E-state index in [1.54, 1.807) is 6.92 Å². The Bertz CT molecular complexity index is 1030. The number of carbonyl (C=O) groups is 1. The number of hydrogen-bond donors (Lipinski definition) is 1. The number of ether oxygens (including phenoxy) is 1. The molecular formula is C20H20BrNO5S. The molecule has 0 aliphatic carbocycles. The minimum absolute atomic E-state index is 0.142. The molecule has 1 N–H and O–H groups in total. The first kappa shape index (κ1) is 20.4. The summed E-state index contributed by atoms with van der Waals surface area (Å²) in [6.45, 7) is 5.54. The Morgan fingerprint density at radius 2 is 2.11 bits per heavy atom. The molecule has 0 saturated heterocycles. The van der Waals surface area contributed by atoms with Gasteiger partial charge in [0.05, 0.1) is 4.90 Å². The first-order chi connectivity index (χ1) is 13.2. The van der Waals surface area contributed by atoms with Crippen molar-refractivity contribution in [2.45, 2.75) is 23.6 Å². The van der Waals surface area contributed by atoms with Gasteiger partial charge in [-0.05, 0) is 60.9 Å². The highest BCUT2D eigenvalue weighted by molar-refractivity contribution is 9.10. The fourth-order valence-electron chi connectivity index (χ4n) is 3.32. The molecule has 0 radical (unpaired) electrons. The summed E-state index contributed by atoms with van der Waals surface area (Å²) in [4.78, 5) is 12.6. The summed E-state index contributed by atoms with van der Waals surface area (Å²) in [6.07, 6.45) is 2.20. The van der Waals surface area contributed by atoms with Crippen LogP contribution in [0.25, 0.3) is 0 Å². The van der Waals surface area contributed by atoms with Gasteiger partial charge in [0.25, 0.3) is 0 Å². The standard InChI is InChI=1S/C20H20BrNO5S/c1-3-19(22-9-8-14-11-15(21)4-6-17(14)22)28(25,26)16-5-7-18(13(2)10-16)27-12-20(23)24/h3-7,10-11,19H,1,8-9,12H2,2H3,(H,23,24). The van der Waals surface area contributed by atoms with Gasteiger partial charge in [-0.1, -0.05) is 28.6 Å². The summed E-state index contributed by atoms with van der Waals surface area (Å²) in [5, 5.41) is 7.83. The van der Waals surface area contributed by atoms with E-state index in [2.05, 4.69) is 22.5 Å². The molecule has 1 heterocycles. The summed E-state index contributed by atoms with van der Waals surface area (Å²) in [5.74, 6) is -0.755. The van der Waals surface area contributed by atoms with E-state index in [0.29, 0.717) is 17.9 Å². The maximum absolute atomic E-state index is 13.3. The highest BCUT2D eigenvalue weighted by Gasteiger charge is 2.34. The van der Waals surface area contributed by atoms with Crippen LogP contribution in [0.2, 0.25) is 0 Å². The van der Waals surface area contributed by atoms with Gasteiger partial charge < -0.3 is 14.7 Å². The van der Waals surface area contributed by atoms with E-state index in [9.17, 15) is 13.2 Å². The number of benzene rings is 2. The minimum Gasteiger partial charge on any atom is -0.482 e. The fraction of sp³-hybridized carbons (Fsp3) is 0.250. The Hall–Kier alpha value is -2.32. The van der Waals surface area contributed by atoms with Crippen molar-refractivity contribution in [3.63, 3.8) is 0 Å². The molecule has 0 fully saturated rings. The van der Waals surface area contributed by atoms with Crippen LogP contribution in [0.15, 0.2) is 58.4 Å². The van der Waals surface area contributed by atoms with E-state index in [-0.39, 0.29) is 4.90 Å². The number of nitrogens with zero attached hydrogens (tertiary/aromatic N) is 1. The summed E-state index contributed by atoms with van der Waals surface area (Å²) in [7, 11) is -3.73. The Morgan fingerprint density at radius 3 is 2.75 bits per heavy atom. The van der Waals surface area contributed by atoms with Crippen LogP contribution in [-0.2, 0) is 21.1 Å². The number of fused-ring (bicyclic) bond motifs is 1. The molecule has 3 rings (SSSR count). The maximum atomic E-state index is 13.3. The molecule has 0 aromatic heterocycles. The van der Waals surface area contributed by atoms with Gasteiger partial charge in [0.2, 0.25) is 9.84 Å². The van der Waals surface area contributed by atoms with Crippen molar-refractivity contribution in [1.82, 2.24) is 0 Å². The molecule has 148 valence electrons. The molecule has 0 saturated carbocycles. The van der Waals surface area contributed by atoms with Crippen molar-refractivity contribution >= 4 is 37.4 Å². The van der Waals surface area contributed by atoms with Gasteiger partial charge in [-0.15, -0.1) is 0 Å². The number of carboxylic acids is 1. The first-order valence-electron chi connectivity index (χ1n) is 8.61. The third kappa shape index (κ3) is 3.93. The van der Waals surface area contributed by atoms with E-state index >= 15 is 0 Å². The molecule has 2 aromatic rings. The van der Waals surface area contributed by atoms with E-state index in [1.165, 1.54) is 24.3 Å². The second-order valence-electron chi connectivity index (χ2n) is 6.50. The van der Waals surface area contributed by atoms with Crippen LogP contribution < -0.4 is 9.64 Å². The highest BCUT2D eigenvalue weighted by Crippen LogP contribution is 2.35. The van der Waals surface area contributed by atoms with Crippen molar-refractivity contribution in [3.05, 3.63) is 64.7 Å². The number of aliphatic carboxylic acids is 1. The van der Waals surface area contributed by atoms with Crippen LogP contribution in [-0.4, -0.2) is 38.0 Å². The molecule has 2 aromatic carbocycles. The normalized spacial score (nSPS) is 14.4. The fourth-order valence-corrected chi connectivity index (χ4v) is 5.41. The van der Waals surface area contributed by atoms with Gasteiger partial charge >= 0.3 is 5.97 Å². The largest absolute Gasteiger partial charge is 0.482 e. The lowest BCUT2D eigenvalue weighted by Gasteiger charge is -2.28. The number of anilines is 1. The van der Waals surface area contributed by atoms with Crippen LogP contribution in [0.4, 0.5) is 5.69 Å². The Labute approximate surface area is 172 Å². The average molecular weight is 466 g/mol. The second-order valence-corrected chi connectivity index (χ2v) is 9.46. The molecule has 1 aliphatic rings. The lowest BCUT2D eigenvalue weighted by atomic mass is 10.2. The maximum Gasteiger partial charge on any atom is 0.341 e. The summed E-state index contributed by atoms with van der Waals surface area (Å²) >= 11 is 3.45. The number of aryl methyl sites for hydroxylation is 1. The third-order valence-electron chi connectivity index (χ3n) is 4.63. The SMILES string of the molecule is C=CC(N1CCc2cc(Br)ccc21)S(=O)(=O)c1ccc(OCC(=O)O)c(C)c1. The second kappa shape index (κ2) is 7.97. The zero-order valence-corrected chi connectivity index (χ0v) is 17.7. The van der Waals surface area contributed by atoms with Crippen LogP contribution in [0.3, 0.4) is 0 Å². The van der Waals surface area contributed by atoms with E-state index in [0.717, 1.165) is 22.1 Å². The minimum atomic E-state index is -3.73. The molecule has 0 spiro atoms. The first-order valence-corrected chi connectivity index (χ1v) is 10.9. The molecule has 1 atom stereocenters. The molecule has 28 heavy (non-hydrogen) atoms.